The second kappa shape index (κ2) is 5.09. The zero-order valence-electron chi connectivity index (χ0n) is 8.83. The van der Waals surface area contributed by atoms with Crippen molar-refractivity contribution >= 4 is 16.0 Å². The molecular formula is C10H13NO4S. The van der Waals surface area contributed by atoms with Gasteiger partial charge < -0.3 is 5.11 Å². The number of carboxylic acids is 1. The first kappa shape index (κ1) is 12.7. The molecule has 0 radical (unpaired) electrons. The van der Waals surface area contributed by atoms with E-state index in [0.717, 1.165) is 9.87 Å². The normalized spacial score (nSPS) is 11.6. The van der Waals surface area contributed by atoms with Crippen molar-refractivity contribution in [3.05, 3.63) is 35.9 Å². The Morgan fingerprint density at radius 1 is 1.31 bits per heavy atom. The summed E-state index contributed by atoms with van der Waals surface area (Å²) in [4.78, 5) is 10.4. The Hall–Kier alpha value is -1.40. The summed E-state index contributed by atoms with van der Waals surface area (Å²) in [6, 6.07) is 8.99. The number of hydrogen-bond donors (Lipinski definition) is 1. The van der Waals surface area contributed by atoms with Crippen LogP contribution in [0.1, 0.15) is 5.56 Å². The van der Waals surface area contributed by atoms with Crippen molar-refractivity contribution in [2.75, 3.05) is 12.8 Å². The van der Waals surface area contributed by atoms with Crippen molar-refractivity contribution in [1.29, 1.82) is 0 Å². The van der Waals surface area contributed by atoms with E-state index in [4.69, 9.17) is 5.11 Å². The lowest BCUT2D eigenvalue weighted by atomic mass is 10.2. The molecule has 5 nitrogen and oxygen atoms in total. The molecule has 0 atom stereocenters. The van der Waals surface area contributed by atoms with E-state index in [2.05, 4.69) is 0 Å². The third-order valence-electron chi connectivity index (χ3n) is 2.03. The molecule has 16 heavy (non-hydrogen) atoms. The lowest BCUT2D eigenvalue weighted by Gasteiger charge is -2.15. The first-order valence-corrected chi connectivity index (χ1v) is 6.22. The number of carbonyl (C=O) groups is 1. The molecule has 1 aromatic rings. The van der Waals surface area contributed by atoms with Crippen LogP contribution in [0.15, 0.2) is 30.3 Å². The van der Waals surface area contributed by atoms with Gasteiger partial charge in [0.15, 0.2) is 5.75 Å². The van der Waals surface area contributed by atoms with Gasteiger partial charge in [0.05, 0.1) is 0 Å². The Morgan fingerprint density at radius 2 is 1.88 bits per heavy atom. The van der Waals surface area contributed by atoms with Crippen LogP contribution in [0.25, 0.3) is 0 Å². The number of sulfonamides is 1. The Balaban J connectivity index is 2.72. The number of benzene rings is 1. The van der Waals surface area contributed by atoms with Gasteiger partial charge in [-0.25, -0.2) is 12.7 Å². The van der Waals surface area contributed by atoms with Crippen molar-refractivity contribution in [1.82, 2.24) is 4.31 Å². The highest BCUT2D eigenvalue weighted by Gasteiger charge is 2.21. The lowest BCUT2D eigenvalue weighted by molar-refractivity contribution is -0.134. The van der Waals surface area contributed by atoms with Gasteiger partial charge in [-0.05, 0) is 5.56 Å². The van der Waals surface area contributed by atoms with E-state index in [1.54, 1.807) is 24.3 Å². The highest BCUT2D eigenvalue weighted by Crippen LogP contribution is 2.07. The molecule has 0 unspecified atom stereocenters. The summed E-state index contributed by atoms with van der Waals surface area (Å²) in [5.74, 6) is -2.23. The third kappa shape index (κ3) is 3.63. The highest BCUT2D eigenvalue weighted by atomic mass is 32.2. The topological polar surface area (TPSA) is 74.7 Å². The molecule has 0 amide bonds. The summed E-state index contributed by atoms with van der Waals surface area (Å²) in [6.07, 6.45) is 0. The Bertz CT molecular complexity index is 455. The Kier molecular flexibility index (Phi) is 4.03. The van der Waals surface area contributed by atoms with Crippen LogP contribution < -0.4 is 0 Å². The molecule has 0 saturated carbocycles. The van der Waals surface area contributed by atoms with Gasteiger partial charge in [0.1, 0.15) is 0 Å². The van der Waals surface area contributed by atoms with Crippen LogP contribution in [0.2, 0.25) is 0 Å². The van der Waals surface area contributed by atoms with Crippen LogP contribution in [-0.2, 0) is 21.4 Å². The SMILES string of the molecule is CN(Cc1ccccc1)S(=O)(=O)CC(=O)O. The smallest absolute Gasteiger partial charge is 0.320 e. The van der Waals surface area contributed by atoms with E-state index in [9.17, 15) is 13.2 Å². The number of rotatable bonds is 5. The van der Waals surface area contributed by atoms with Crippen molar-refractivity contribution < 1.29 is 18.3 Å². The predicted molar refractivity (Wildman–Crippen MR) is 59.3 cm³/mol. The second-order valence-electron chi connectivity index (χ2n) is 3.39. The molecule has 0 saturated heterocycles. The molecule has 0 bridgehead atoms. The summed E-state index contributed by atoms with van der Waals surface area (Å²) in [7, 11) is -2.36. The van der Waals surface area contributed by atoms with Crippen LogP contribution in [0.4, 0.5) is 0 Å². The van der Waals surface area contributed by atoms with E-state index in [0.29, 0.717) is 0 Å². The van der Waals surface area contributed by atoms with Gasteiger partial charge >= 0.3 is 5.97 Å². The zero-order chi connectivity index (χ0) is 12.2. The summed E-state index contributed by atoms with van der Waals surface area (Å²) in [6.45, 7) is 0.177. The van der Waals surface area contributed by atoms with Gasteiger partial charge in [0.2, 0.25) is 10.0 Å². The first-order chi connectivity index (χ1) is 7.42. The van der Waals surface area contributed by atoms with Crippen LogP contribution >= 0.6 is 0 Å². The standard InChI is InChI=1S/C10H13NO4S/c1-11(16(14,15)8-10(12)13)7-9-5-3-2-4-6-9/h2-6H,7-8H2,1H3,(H,12,13). The average molecular weight is 243 g/mol. The summed E-state index contributed by atoms with van der Waals surface area (Å²) >= 11 is 0. The average Bonchev–Trinajstić information content (AvgIpc) is 2.17. The van der Waals surface area contributed by atoms with Crippen LogP contribution in [-0.4, -0.2) is 36.6 Å². The zero-order valence-corrected chi connectivity index (χ0v) is 9.64. The fourth-order valence-electron chi connectivity index (χ4n) is 1.21. The van der Waals surface area contributed by atoms with E-state index in [1.165, 1.54) is 7.05 Å². The van der Waals surface area contributed by atoms with Crippen LogP contribution in [0, 0.1) is 0 Å². The minimum absolute atomic E-state index is 0.177. The van der Waals surface area contributed by atoms with E-state index in [-0.39, 0.29) is 6.54 Å². The number of carboxylic acid groups (broad SMARTS) is 1. The fourth-order valence-corrected chi connectivity index (χ4v) is 2.08. The van der Waals surface area contributed by atoms with Gasteiger partial charge in [0, 0.05) is 13.6 Å². The maximum Gasteiger partial charge on any atom is 0.320 e. The van der Waals surface area contributed by atoms with Gasteiger partial charge in [-0.1, -0.05) is 30.3 Å². The van der Waals surface area contributed by atoms with Gasteiger partial charge in [-0.3, -0.25) is 4.79 Å². The van der Waals surface area contributed by atoms with Crippen molar-refractivity contribution in [2.24, 2.45) is 0 Å². The first-order valence-electron chi connectivity index (χ1n) is 4.61. The quantitative estimate of drug-likeness (QED) is 0.818. The fraction of sp³-hybridized carbons (Fsp3) is 0.300. The molecule has 88 valence electrons. The molecule has 0 fully saturated rings. The van der Waals surface area contributed by atoms with Crippen LogP contribution in [0.5, 0.6) is 0 Å². The minimum Gasteiger partial charge on any atom is -0.480 e. The Morgan fingerprint density at radius 3 is 2.38 bits per heavy atom. The molecule has 1 aromatic carbocycles. The maximum atomic E-state index is 11.5. The van der Waals surface area contributed by atoms with Gasteiger partial charge in [-0.2, -0.15) is 0 Å². The van der Waals surface area contributed by atoms with Gasteiger partial charge in [0.25, 0.3) is 0 Å². The third-order valence-corrected chi connectivity index (χ3v) is 3.72. The molecule has 0 aliphatic carbocycles. The largest absolute Gasteiger partial charge is 0.480 e. The van der Waals surface area contributed by atoms with Crippen molar-refractivity contribution in [3.8, 4) is 0 Å². The molecule has 0 aromatic heterocycles. The summed E-state index contributed by atoms with van der Waals surface area (Å²) < 4.78 is 24.0. The lowest BCUT2D eigenvalue weighted by Crippen LogP contribution is -2.31. The molecule has 6 heteroatoms. The van der Waals surface area contributed by atoms with E-state index < -0.39 is 21.7 Å². The molecule has 0 heterocycles. The van der Waals surface area contributed by atoms with Crippen molar-refractivity contribution in [2.45, 2.75) is 6.54 Å². The second-order valence-corrected chi connectivity index (χ2v) is 5.47. The van der Waals surface area contributed by atoms with Gasteiger partial charge in [-0.15, -0.1) is 0 Å². The maximum absolute atomic E-state index is 11.5. The molecule has 0 aliphatic heterocycles. The Labute approximate surface area is 94.4 Å². The number of aliphatic carboxylic acids is 1. The molecule has 0 spiro atoms. The monoisotopic (exact) mass is 243 g/mol. The van der Waals surface area contributed by atoms with Crippen molar-refractivity contribution in [3.63, 3.8) is 0 Å². The predicted octanol–water partition coefficient (Wildman–Crippen LogP) is 0.533. The van der Waals surface area contributed by atoms with E-state index in [1.807, 2.05) is 6.07 Å². The minimum atomic E-state index is -3.72. The molecule has 1 N–H and O–H groups in total. The summed E-state index contributed by atoms with van der Waals surface area (Å²) in [5, 5.41) is 8.46. The van der Waals surface area contributed by atoms with Crippen LogP contribution in [0.3, 0.4) is 0 Å². The molecular weight excluding hydrogens is 230 g/mol. The van der Waals surface area contributed by atoms with E-state index >= 15 is 0 Å². The highest BCUT2D eigenvalue weighted by molar-refractivity contribution is 7.89. The number of hydrogen-bond acceptors (Lipinski definition) is 3. The summed E-state index contributed by atoms with van der Waals surface area (Å²) in [5.41, 5.74) is 0.818. The number of nitrogens with zero attached hydrogens (tertiary/aromatic N) is 1. The molecule has 1 rings (SSSR count). The molecule has 0 aliphatic rings.